The Morgan fingerprint density at radius 1 is 0.862 bits per heavy atom. The molecule has 1 fully saturated rings. The molecule has 2 aliphatic heterocycles. The molecular weight excluding hydrogens is 847 g/mol. The molecule has 65 heavy (non-hydrogen) atoms. The van der Waals surface area contributed by atoms with Gasteiger partial charge in [0.2, 0.25) is 23.6 Å². The number of nitrogens with one attached hydrogen (secondary N) is 5. The maximum atomic E-state index is 14.7. The minimum absolute atomic E-state index is 0.113. The van der Waals surface area contributed by atoms with Crippen LogP contribution in [0, 0.1) is 17.8 Å². The van der Waals surface area contributed by atoms with E-state index in [9.17, 15) is 28.8 Å². The van der Waals surface area contributed by atoms with Crippen LogP contribution in [0.5, 0.6) is 0 Å². The number of thioether (sulfide) groups is 1. The Hall–Kier alpha value is -5.38. The highest BCUT2D eigenvalue weighted by Crippen LogP contribution is 2.26. The SMILES string of the molecule is CC(=C[C@H](Cc1ccccc1)C(=O)N1CCC[C@H]1C(=O)N[C@H](C(=O)N[C@@H](CCCNC(=O)OCc1ccccc1)C(=O)NC1=NCCCS1)C(C)C)[C@H](CC(C)C)NC(=O)OC(C)(C)C. The van der Waals surface area contributed by atoms with Crippen molar-refractivity contribution in [2.75, 3.05) is 25.4 Å². The van der Waals surface area contributed by atoms with E-state index in [0.29, 0.717) is 50.4 Å². The van der Waals surface area contributed by atoms with Gasteiger partial charge in [-0.3, -0.25) is 24.2 Å². The minimum atomic E-state index is -1.03. The number of aliphatic imine (C=N–C) groups is 1. The highest BCUT2D eigenvalue weighted by Gasteiger charge is 2.39. The first-order chi connectivity index (χ1) is 30.9. The van der Waals surface area contributed by atoms with Gasteiger partial charge >= 0.3 is 12.2 Å². The number of rotatable bonds is 20. The highest BCUT2D eigenvalue weighted by atomic mass is 32.2. The lowest BCUT2D eigenvalue weighted by Gasteiger charge is -2.31. The Bertz CT molecular complexity index is 1950. The van der Waals surface area contributed by atoms with Gasteiger partial charge < -0.3 is 41.0 Å². The summed E-state index contributed by atoms with van der Waals surface area (Å²) >= 11 is 1.43. The zero-order valence-corrected chi connectivity index (χ0v) is 40.3. The molecule has 16 heteroatoms. The van der Waals surface area contributed by atoms with E-state index in [0.717, 1.165) is 28.9 Å². The zero-order valence-electron chi connectivity index (χ0n) is 39.4. The first kappa shape index (κ1) is 52.2. The van der Waals surface area contributed by atoms with Gasteiger partial charge in [-0.25, -0.2) is 9.59 Å². The summed E-state index contributed by atoms with van der Waals surface area (Å²) in [5.74, 6) is -1.69. The number of carbonyl (C=O) groups is 6. The van der Waals surface area contributed by atoms with Crippen LogP contribution in [0.4, 0.5) is 9.59 Å². The molecule has 356 valence electrons. The molecule has 4 rings (SSSR count). The number of alkyl carbamates (subject to hydrolysis) is 2. The van der Waals surface area contributed by atoms with Gasteiger partial charge in [0, 0.05) is 25.4 Å². The summed E-state index contributed by atoms with van der Waals surface area (Å²) < 4.78 is 10.9. The molecule has 5 atom stereocenters. The van der Waals surface area contributed by atoms with E-state index in [-0.39, 0.29) is 37.3 Å². The average molecular weight is 918 g/mol. The molecule has 2 aliphatic rings. The second kappa shape index (κ2) is 25.9. The van der Waals surface area contributed by atoms with E-state index >= 15 is 0 Å². The molecule has 0 spiro atoms. The van der Waals surface area contributed by atoms with Gasteiger partial charge in [0.25, 0.3) is 0 Å². The normalized spacial score (nSPS) is 17.3. The lowest BCUT2D eigenvalue weighted by molar-refractivity contribution is -0.141. The van der Waals surface area contributed by atoms with Crippen LogP contribution in [-0.4, -0.2) is 101 Å². The number of amides is 6. The molecule has 0 radical (unpaired) electrons. The molecule has 0 bridgehead atoms. The van der Waals surface area contributed by atoms with Gasteiger partial charge in [-0.15, -0.1) is 0 Å². The molecule has 2 aromatic rings. The molecule has 6 amide bonds. The second-order valence-corrected chi connectivity index (χ2v) is 19.6. The Labute approximate surface area is 389 Å². The van der Waals surface area contributed by atoms with Crippen molar-refractivity contribution in [3.8, 4) is 0 Å². The summed E-state index contributed by atoms with van der Waals surface area (Å²) in [5, 5.41) is 14.8. The third-order valence-corrected chi connectivity index (χ3v) is 11.9. The van der Waals surface area contributed by atoms with Crippen molar-refractivity contribution in [3.05, 3.63) is 83.4 Å². The third kappa shape index (κ3) is 18.2. The van der Waals surface area contributed by atoms with Gasteiger partial charge in [-0.1, -0.05) is 112 Å². The quantitative estimate of drug-likeness (QED) is 0.0713. The van der Waals surface area contributed by atoms with E-state index in [4.69, 9.17) is 9.47 Å². The van der Waals surface area contributed by atoms with Crippen LogP contribution in [-0.2, 0) is 41.7 Å². The maximum Gasteiger partial charge on any atom is 0.408 e. The lowest BCUT2D eigenvalue weighted by Crippen LogP contribution is -2.58. The molecule has 2 aromatic carbocycles. The van der Waals surface area contributed by atoms with Crippen LogP contribution in [0.3, 0.4) is 0 Å². The fraction of sp³-hybridized carbons (Fsp3) is 0.571. The predicted molar refractivity (Wildman–Crippen MR) is 255 cm³/mol. The Kier molecular flexibility index (Phi) is 20.8. The number of likely N-dealkylation sites (tertiary alicyclic amines) is 1. The summed E-state index contributed by atoms with van der Waals surface area (Å²) in [5.41, 5.74) is 1.91. The molecule has 0 unspecified atom stereocenters. The average Bonchev–Trinajstić information content (AvgIpc) is 3.75. The van der Waals surface area contributed by atoms with Gasteiger partial charge in [0.15, 0.2) is 5.17 Å². The number of hydrogen-bond donors (Lipinski definition) is 5. The van der Waals surface area contributed by atoms with Crippen LogP contribution in [0.1, 0.15) is 105 Å². The van der Waals surface area contributed by atoms with E-state index in [1.165, 1.54) is 11.8 Å². The van der Waals surface area contributed by atoms with Crippen LogP contribution in [0.2, 0.25) is 0 Å². The highest BCUT2D eigenvalue weighted by molar-refractivity contribution is 8.13. The Morgan fingerprint density at radius 2 is 1.54 bits per heavy atom. The van der Waals surface area contributed by atoms with Gasteiger partial charge in [-0.05, 0) is 95.6 Å². The van der Waals surface area contributed by atoms with Crippen molar-refractivity contribution in [2.45, 2.75) is 137 Å². The molecule has 15 nitrogen and oxygen atoms in total. The van der Waals surface area contributed by atoms with Gasteiger partial charge in [0.05, 0.1) is 12.0 Å². The van der Waals surface area contributed by atoms with E-state index in [1.54, 1.807) is 39.5 Å². The number of nitrogens with zero attached hydrogens (tertiary/aromatic N) is 2. The number of hydrogen-bond acceptors (Lipinski definition) is 10. The number of ether oxygens (including phenoxy) is 2. The van der Waals surface area contributed by atoms with Crippen LogP contribution >= 0.6 is 11.8 Å². The minimum Gasteiger partial charge on any atom is -0.445 e. The van der Waals surface area contributed by atoms with Crippen LogP contribution < -0.4 is 26.6 Å². The van der Waals surface area contributed by atoms with E-state index in [2.05, 4.69) is 45.4 Å². The summed E-state index contributed by atoms with van der Waals surface area (Å²) in [6.45, 7) is 16.3. The number of carbonyl (C=O) groups excluding carboxylic acids is 6. The summed E-state index contributed by atoms with van der Waals surface area (Å²) in [7, 11) is 0. The Balaban J connectivity index is 1.48. The maximum absolute atomic E-state index is 14.7. The lowest BCUT2D eigenvalue weighted by atomic mass is 9.91. The molecular formula is C49H71N7O8S. The zero-order chi connectivity index (χ0) is 47.5. The second-order valence-electron chi connectivity index (χ2n) is 18.5. The first-order valence-corrected chi connectivity index (χ1v) is 23.9. The Morgan fingerprint density at radius 3 is 2.15 bits per heavy atom. The number of benzene rings is 2. The summed E-state index contributed by atoms with van der Waals surface area (Å²) in [6, 6.07) is 15.7. The van der Waals surface area contributed by atoms with E-state index in [1.807, 2.05) is 73.7 Å². The van der Waals surface area contributed by atoms with Crippen LogP contribution in [0.15, 0.2) is 77.3 Å². The number of amidine groups is 1. The monoisotopic (exact) mass is 918 g/mol. The first-order valence-electron chi connectivity index (χ1n) is 23.0. The van der Waals surface area contributed by atoms with Crippen molar-refractivity contribution in [1.82, 2.24) is 31.5 Å². The van der Waals surface area contributed by atoms with Crippen molar-refractivity contribution in [1.29, 1.82) is 0 Å². The molecule has 1 saturated heterocycles. The van der Waals surface area contributed by atoms with Crippen molar-refractivity contribution >= 4 is 52.7 Å². The predicted octanol–water partition coefficient (Wildman–Crippen LogP) is 6.66. The smallest absolute Gasteiger partial charge is 0.408 e. The molecule has 0 aliphatic carbocycles. The molecule has 0 aromatic heterocycles. The van der Waals surface area contributed by atoms with Gasteiger partial charge in [0.1, 0.15) is 30.3 Å². The third-order valence-electron chi connectivity index (χ3n) is 10.9. The van der Waals surface area contributed by atoms with Crippen molar-refractivity contribution in [3.63, 3.8) is 0 Å². The standard InChI is InChI=1S/C49H71N7O8S/c1-32(2)28-39(53-48(62)64-49(6,7)8)34(5)29-37(30-35-18-11-9-12-19-35)45(60)56-26-16-23-40(56)43(58)54-41(33(3)4)44(59)52-38(42(57)55-46-50-25-17-27-65-46)22-15-24-51-47(61)63-31-36-20-13-10-14-21-36/h9-14,18-21,29,32-33,37-41H,15-17,22-28,30-31H2,1-8H3,(H,51,61)(H,52,59)(H,53,62)(H,54,58)(H,50,55,57)/t37-,38+,39+,40+,41+/m1/s1. The summed E-state index contributed by atoms with van der Waals surface area (Å²) in [6.07, 6.45) is 4.18. The van der Waals surface area contributed by atoms with E-state index < -0.39 is 65.6 Å². The largest absolute Gasteiger partial charge is 0.445 e. The fourth-order valence-corrected chi connectivity index (χ4v) is 8.45. The topological polar surface area (TPSA) is 197 Å². The molecule has 5 N–H and O–H groups in total. The van der Waals surface area contributed by atoms with Gasteiger partial charge in [-0.2, -0.15) is 0 Å². The summed E-state index contributed by atoms with van der Waals surface area (Å²) in [4.78, 5) is 88.0. The van der Waals surface area contributed by atoms with Crippen molar-refractivity contribution < 1.29 is 38.2 Å². The molecule has 2 heterocycles. The van der Waals surface area contributed by atoms with Crippen LogP contribution in [0.25, 0.3) is 0 Å². The fourth-order valence-electron chi connectivity index (χ4n) is 7.63. The van der Waals surface area contributed by atoms with Crippen molar-refractivity contribution in [2.24, 2.45) is 22.7 Å². The molecule has 0 saturated carbocycles.